The fourth-order valence-corrected chi connectivity index (χ4v) is 2.46. The van der Waals surface area contributed by atoms with Gasteiger partial charge in [-0.1, -0.05) is 60.7 Å². The summed E-state index contributed by atoms with van der Waals surface area (Å²) in [5, 5.41) is 2.67. The SMILES string of the molecule is NC(=O)NCC(c1ccccc1)C(N)Cc1ccccc1. The molecular formula is C17H21N3O. The van der Waals surface area contributed by atoms with E-state index in [0.717, 1.165) is 12.0 Å². The summed E-state index contributed by atoms with van der Waals surface area (Å²) in [7, 11) is 0. The minimum atomic E-state index is -0.525. The van der Waals surface area contributed by atoms with E-state index in [1.54, 1.807) is 0 Å². The zero-order chi connectivity index (χ0) is 15.1. The van der Waals surface area contributed by atoms with Crippen molar-refractivity contribution in [1.82, 2.24) is 5.32 Å². The van der Waals surface area contributed by atoms with Gasteiger partial charge in [0.25, 0.3) is 0 Å². The van der Waals surface area contributed by atoms with Crippen LogP contribution in [0.25, 0.3) is 0 Å². The number of carbonyl (C=O) groups excluding carboxylic acids is 1. The van der Waals surface area contributed by atoms with Crippen LogP contribution in [0.4, 0.5) is 4.79 Å². The largest absolute Gasteiger partial charge is 0.352 e. The normalized spacial score (nSPS) is 13.4. The van der Waals surface area contributed by atoms with Gasteiger partial charge in [0.1, 0.15) is 0 Å². The minimum absolute atomic E-state index is 0.0268. The van der Waals surface area contributed by atoms with Crippen molar-refractivity contribution in [3.63, 3.8) is 0 Å². The molecule has 2 unspecified atom stereocenters. The molecule has 0 saturated carbocycles. The standard InChI is InChI=1S/C17H21N3O/c18-16(11-13-7-3-1-4-8-13)15(12-20-17(19)21)14-9-5-2-6-10-14/h1-10,15-16H,11-12,18H2,(H3,19,20,21). The Labute approximate surface area is 125 Å². The Morgan fingerprint density at radius 2 is 1.57 bits per heavy atom. The molecule has 0 aliphatic rings. The number of primary amides is 1. The topological polar surface area (TPSA) is 81.1 Å². The van der Waals surface area contributed by atoms with Crippen molar-refractivity contribution >= 4 is 6.03 Å². The third-order valence-electron chi connectivity index (χ3n) is 3.55. The van der Waals surface area contributed by atoms with Crippen LogP contribution in [0, 0.1) is 0 Å². The number of carbonyl (C=O) groups is 1. The summed E-state index contributed by atoms with van der Waals surface area (Å²) in [4.78, 5) is 11.0. The number of nitrogens with two attached hydrogens (primary N) is 2. The van der Waals surface area contributed by atoms with Crippen LogP contribution < -0.4 is 16.8 Å². The van der Waals surface area contributed by atoms with Gasteiger partial charge in [0.15, 0.2) is 0 Å². The molecule has 2 rings (SSSR count). The van der Waals surface area contributed by atoms with Gasteiger partial charge in [-0.25, -0.2) is 4.79 Å². The third-order valence-corrected chi connectivity index (χ3v) is 3.55. The molecule has 4 nitrogen and oxygen atoms in total. The minimum Gasteiger partial charge on any atom is -0.352 e. The molecule has 21 heavy (non-hydrogen) atoms. The number of benzene rings is 2. The van der Waals surface area contributed by atoms with Gasteiger partial charge in [-0.3, -0.25) is 0 Å². The van der Waals surface area contributed by atoms with Crippen molar-refractivity contribution in [2.75, 3.05) is 6.54 Å². The third kappa shape index (κ3) is 4.61. The van der Waals surface area contributed by atoms with E-state index in [1.807, 2.05) is 48.5 Å². The highest BCUT2D eigenvalue weighted by atomic mass is 16.2. The highest BCUT2D eigenvalue weighted by molar-refractivity contribution is 5.71. The second-order valence-corrected chi connectivity index (χ2v) is 5.12. The van der Waals surface area contributed by atoms with E-state index in [4.69, 9.17) is 11.5 Å². The summed E-state index contributed by atoms with van der Waals surface area (Å²) >= 11 is 0. The zero-order valence-corrected chi connectivity index (χ0v) is 11.9. The summed E-state index contributed by atoms with van der Waals surface area (Å²) in [6.45, 7) is 0.438. The molecule has 0 spiro atoms. The number of hydrogen-bond acceptors (Lipinski definition) is 2. The van der Waals surface area contributed by atoms with Gasteiger partial charge in [-0.2, -0.15) is 0 Å². The molecule has 4 heteroatoms. The van der Waals surface area contributed by atoms with Gasteiger partial charge in [-0.15, -0.1) is 0 Å². The summed E-state index contributed by atoms with van der Waals surface area (Å²) in [6, 6.07) is 19.4. The van der Waals surface area contributed by atoms with Gasteiger partial charge < -0.3 is 16.8 Å². The average Bonchev–Trinajstić information content (AvgIpc) is 2.49. The summed E-state index contributed by atoms with van der Waals surface area (Å²) in [5.74, 6) is 0.0268. The van der Waals surface area contributed by atoms with Gasteiger partial charge in [0.2, 0.25) is 0 Å². The molecule has 0 aromatic heterocycles. The maximum atomic E-state index is 11.0. The van der Waals surface area contributed by atoms with Crippen molar-refractivity contribution in [3.8, 4) is 0 Å². The van der Waals surface area contributed by atoms with Crippen molar-refractivity contribution in [3.05, 3.63) is 71.8 Å². The van der Waals surface area contributed by atoms with Crippen LogP contribution in [0.5, 0.6) is 0 Å². The Morgan fingerprint density at radius 3 is 2.14 bits per heavy atom. The zero-order valence-electron chi connectivity index (χ0n) is 11.9. The van der Waals surface area contributed by atoms with E-state index in [0.29, 0.717) is 6.54 Å². The van der Waals surface area contributed by atoms with Crippen LogP contribution in [-0.2, 0) is 6.42 Å². The Kier molecular flexibility index (Phi) is 5.35. The Hall–Kier alpha value is -2.33. The molecule has 0 aliphatic heterocycles. The smallest absolute Gasteiger partial charge is 0.312 e. The summed E-state index contributed by atoms with van der Waals surface area (Å²) < 4.78 is 0. The van der Waals surface area contributed by atoms with E-state index >= 15 is 0 Å². The van der Waals surface area contributed by atoms with E-state index in [-0.39, 0.29) is 12.0 Å². The van der Waals surface area contributed by atoms with E-state index < -0.39 is 6.03 Å². The second kappa shape index (κ2) is 7.45. The van der Waals surface area contributed by atoms with Crippen LogP contribution >= 0.6 is 0 Å². The second-order valence-electron chi connectivity index (χ2n) is 5.12. The van der Waals surface area contributed by atoms with E-state index in [9.17, 15) is 4.79 Å². The molecule has 2 aromatic carbocycles. The number of rotatable bonds is 6. The lowest BCUT2D eigenvalue weighted by atomic mass is 9.88. The molecule has 110 valence electrons. The summed E-state index contributed by atoms with van der Waals surface area (Å²) in [6.07, 6.45) is 0.751. The van der Waals surface area contributed by atoms with Crippen LogP contribution in [0.1, 0.15) is 17.0 Å². The van der Waals surface area contributed by atoms with Gasteiger partial charge >= 0.3 is 6.03 Å². The first-order chi connectivity index (χ1) is 10.2. The highest BCUT2D eigenvalue weighted by Gasteiger charge is 2.20. The predicted molar refractivity (Wildman–Crippen MR) is 84.9 cm³/mol. The lowest BCUT2D eigenvalue weighted by Gasteiger charge is -2.24. The number of amides is 2. The van der Waals surface area contributed by atoms with Crippen LogP contribution in [0.15, 0.2) is 60.7 Å². The first kappa shape index (κ1) is 15.1. The molecule has 0 radical (unpaired) electrons. The van der Waals surface area contributed by atoms with Crippen LogP contribution in [0.3, 0.4) is 0 Å². The molecule has 5 N–H and O–H groups in total. The lowest BCUT2D eigenvalue weighted by molar-refractivity contribution is 0.247. The van der Waals surface area contributed by atoms with Crippen molar-refractivity contribution < 1.29 is 4.79 Å². The maximum absolute atomic E-state index is 11.0. The van der Waals surface area contributed by atoms with Gasteiger partial charge in [0.05, 0.1) is 0 Å². The van der Waals surface area contributed by atoms with Crippen LogP contribution in [-0.4, -0.2) is 18.6 Å². The highest BCUT2D eigenvalue weighted by Crippen LogP contribution is 2.20. The van der Waals surface area contributed by atoms with Gasteiger partial charge in [0, 0.05) is 18.5 Å². The Morgan fingerprint density at radius 1 is 1.00 bits per heavy atom. The van der Waals surface area contributed by atoms with Crippen molar-refractivity contribution in [2.45, 2.75) is 18.4 Å². The molecule has 0 bridgehead atoms. The fourth-order valence-electron chi connectivity index (χ4n) is 2.46. The quantitative estimate of drug-likeness (QED) is 0.758. The first-order valence-electron chi connectivity index (χ1n) is 7.04. The predicted octanol–water partition coefficient (Wildman–Crippen LogP) is 2.01. The van der Waals surface area contributed by atoms with E-state index in [1.165, 1.54) is 5.56 Å². The molecular weight excluding hydrogens is 262 g/mol. The molecule has 0 fully saturated rings. The number of nitrogens with one attached hydrogen (secondary N) is 1. The molecule has 0 saturated heterocycles. The lowest BCUT2D eigenvalue weighted by Crippen LogP contribution is -2.40. The summed E-state index contributed by atoms with van der Waals surface area (Å²) in [5.41, 5.74) is 13.8. The molecule has 0 heterocycles. The Balaban J connectivity index is 2.12. The van der Waals surface area contributed by atoms with Crippen LogP contribution in [0.2, 0.25) is 0 Å². The van der Waals surface area contributed by atoms with Crippen molar-refractivity contribution in [2.24, 2.45) is 11.5 Å². The van der Waals surface area contributed by atoms with E-state index in [2.05, 4.69) is 17.4 Å². The fraction of sp³-hybridized carbons (Fsp3) is 0.235. The number of urea groups is 1. The maximum Gasteiger partial charge on any atom is 0.312 e. The molecule has 0 aliphatic carbocycles. The first-order valence-corrected chi connectivity index (χ1v) is 7.04. The molecule has 2 amide bonds. The average molecular weight is 283 g/mol. The number of hydrogen-bond donors (Lipinski definition) is 3. The molecule has 2 atom stereocenters. The van der Waals surface area contributed by atoms with Gasteiger partial charge in [-0.05, 0) is 17.5 Å². The van der Waals surface area contributed by atoms with Crippen molar-refractivity contribution in [1.29, 1.82) is 0 Å². The monoisotopic (exact) mass is 283 g/mol. The Bertz CT molecular complexity index is 557. The molecule has 2 aromatic rings.